The molecule has 0 radical (unpaired) electrons. The minimum atomic E-state index is -1.03. The van der Waals surface area contributed by atoms with Crippen molar-refractivity contribution in [1.29, 1.82) is 0 Å². The van der Waals surface area contributed by atoms with Crippen molar-refractivity contribution in [3.63, 3.8) is 0 Å². The van der Waals surface area contributed by atoms with E-state index in [1.807, 2.05) is 36.0 Å². The van der Waals surface area contributed by atoms with Gasteiger partial charge in [-0.1, -0.05) is 0 Å². The number of hydrogen-bond donors (Lipinski definition) is 1. The van der Waals surface area contributed by atoms with Crippen LogP contribution in [0.1, 0.15) is 44.0 Å². The summed E-state index contributed by atoms with van der Waals surface area (Å²) >= 11 is 1.41. The summed E-state index contributed by atoms with van der Waals surface area (Å²) in [7, 11) is 0. The molecule has 2 bridgehead atoms. The number of rotatable bonds is 3. The average molecular weight is 457 g/mol. The summed E-state index contributed by atoms with van der Waals surface area (Å²) in [6.07, 6.45) is 3.19. The second-order valence-corrected chi connectivity index (χ2v) is 10.1. The molecule has 168 valence electrons. The molecule has 32 heavy (non-hydrogen) atoms. The first kappa shape index (κ1) is 20.7. The minimum absolute atomic E-state index is 0.0200. The molecule has 2 unspecified atom stereocenters. The molecule has 9 nitrogen and oxygen atoms in total. The van der Waals surface area contributed by atoms with Gasteiger partial charge in [-0.2, -0.15) is 4.98 Å². The van der Waals surface area contributed by atoms with E-state index in [1.54, 1.807) is 12.3 Å². The Morgan fingerprint density at radius 2 is 1.94 bits per heavy atom. The predicted octanol–water partition coefficient (Wildman–Crippen LogP) is 4.24. The van der Waals surface area contributed by atoms with Crippen LogP contribution in [0.5, 0.6) is 0 Å². The van der Waals surface area contributed by atoms with Crippen molar-refractivity contribution >= 4 is 40.5 Å². The van der Waals surface area contributed by atoms with E-state index in [1.165, 1.54) is 17.4 Å². The highest BCUT2D eigenvalue weighted by Crippen LogP contribution is 2.37. The van der Waals surface area contributed by atoms with Gasteiger partial charge in [0.15, 0.2) is 5.58 Å². The van der Waals surface area contributed by atoms with Crippen LogP contribution in [-0.4, -0.2) is 62.8 Å². The molecule has 2 saturated heterocycles. The zero-order valence-corrected chi connectivity index (χ0v) is 18.9. The van der Waals surface area contributed by atoms with Crippen LogP contribution in [0.4, 0.5) is 10.8 Å². The van der Waals surface area contributed by atoms with E-state index in [-0.39, 0.29) is 23.7 Å². The second-order valence-electron chi connectivity index (χ2n) is 9.19. The number of piperazine rings is 1. The summed E-state index contributed by atoms with van der Waals surface area (Å²) in [6.45, 7) is 6.77. The van der Waals surface area contributed by atoms with Crippen molar-refractivity contribution in [1.82, 2.24) is 14.9 Å². The molecule has 2 aliphatic rings. The number of carbonyl (C=O) groups is 2. The average Bonchev–Trinajstić information content (AvgIpc) is 3.43. The van der Waals surface area contributed by atoms with Crippen molar-refractivity contribution in [3.8, 4) is 10.6 Å². The highest BCUT2D eigenvalue weighted by Gasteiger charge is 2.45. The fraction of sp³-hybridized carbons (Fsp3) is 0.455. The normalized spacial score (nSPS) is 20.7. The lowest BCUT2D eigenvalue weighted by Crippen LogP contribution is -2.56. The Kier molecular flexibility index (Phi) is 4.85. The number of ether oxygens (including phenoxy) is 1. The quantitative estimate of drug-likeness (QED) is 0.623. The highest BCUT2D eigenvalue weighted by molar-refractivity contribution is 7.13. The first-order valence-corrected chi connectivity index (χ1v) is 11.4. The number of benzene rings is 1. The van der Waals surface area contributed by atoms with Gasteiger partial charge in [-0.3, -0.25) is 4.90 Å². The van der Waals surface area contributed by atoms with Gasteiger partial charge in [-0.25, -0.2) is 14.6 Å². The van der Waals surface area contributed by atoms with Crippen molar-refractivity contribution in [2.24, 2.45) is 0 Å². The zero-order valence-electron chi connectivity index (χ0n) is 18.1. The van der Waals surface area contributed by atoms with Gasteiger partial charge < -0.3 is 19.2 Å². The summed E-state index contributed by atoms with van der Waals surface area (Å²) in [4.78, 5) is 37.2. The van der Waals surface area contributed by atoms with Crippen molar-refractivity contribution < 1.29 is 23.8 Å². The summed E-state index contributed by atoms with van der Waals surface area (Å²) in [6, 6.07) is 3.56. The molecule has 3 aromatic rings. The standard InChI is InChI=1S/C22H24N4O5S/c1-22(2,3)31-21(29)26-13-4-5-14(26)11-25(10-13)20-24-16-9-12(19(27)28)8-15(17(16)30-20)18-23-6-7-32-18/h6-9,13-14H,4-5,10-11H2,1-3H3,(H,27,28). The summed E-state index contributed by atoms with van der Waals surface area (Å²) < 4.78 is 11.8. The van der Waals surface area contributed by atoms with Crippen LogP contribution in [0.3, 0.4) is 0 Å². The van der Waals surface area contributed by atoms with Crippen molar-refractivity contribution in [2.45, 2.75) is 51.3 Å². The zero-order chi connectivity index (χ0) is 22.6. The number of nitrogens with zero attached hydrogens (tertiary/aromatic N) is 4. The molecule has 1 aromatic carbocycles. The number of carbonyl (C=O) groups excluding carboxylic acids is 1. The monoisotopic (exact) mass is 456 g/mol. The first-order chi connectivity index (χ1) is 15.2. The molecule has 2 aromatic heterocycles. The molecule has 2 atom stereocenters. The van der Waals surface area contributed by atoms with Crippen LogP contribution in [0, 0.1) is 0 Å². The number of carboxylic acids is 1. The lowest BCUT2D eigenvalue weighted by molar-refractivity contribution is 0.0120. The number of oxazole rings is 1. The first-order valence-electron chi connectivity index (χ1n) is 10.5. The van der Waals surface area contributed by atoms with E-state index < -0.39 is 11.6 Å². The Hall–Kier alpha value is -3.14. The fourth-order valence-electron chi connectivity index (χ4n) is 4.47. The van der Waals surface area contributed by atoms with Gasteiger partial charge in [0.1, 0.15) is 16.1 Å². The molecule has 10 heteroatoms. The maximum atomic E-state index is 12.7. The molecular weight excluding hydrogens is 432 g/mol. The van der Waals surface area contributed by atoms with E-state index in [0.29, 0.717) is 40.8 Å². The van der Waals surface area contributed by atoms with Gasteiger partial charge in [0, 0.05) is 24.7 Å². The summed E-state index contributed by atoms with van der Waals surface area (Å²) in [5, 5.41) is 12.0. The molecule has 4 heterocycles. The van der Waals surface area contributed by atoms with Crippen LogP contribution in [0.15, 0.2) is 28.1 Å². The number of amides is 1. The van der Waals surface area contributed by atoms with Gasteiger partial charge >= 0.3 is 12.1 Å². The molecular formula is C22H24N4O5S. The third kappa shape index (κ3) is 3.68. The van der Waals surface area contributed by atoms with Gasteiger partial charge in [0.2, 0.25) is 0 Å². The molecule has 5 rings (SSSR count). The van der Waals surface area contributed by atoms with Gasteiger partial charge in [-0.05, 0) is 45.7 Å². The molecule has 1 N–H and O–H groups in total. The van der Waals surface area contributed by atoms with Gasteiger partial charge in [-0.15, -0.1) is 11.3 Å². The summed E-state index contributed by atoms with van der Waals surface area (Å²) in [5.41, 5.74) is 1.21. The predicted molar refractivity (Wildman–Crippen MR) is 119 cm³/mol. The number of thiazole rings is 1. The second kappa shape index (κ2) is 7.47. The van der Waals surface area contributed by atoms with Crippen LogP contribution in [-0.2, 0) is 4.74 Å². The number of anilines is 1. The SMILES string of the molecule is CC(C)(C)OC(=O)N1C2CCC1CN(c1nc3cc(C(=O)O)cc(-c4nccs4)c3o1)C2. The lowest BCUT2D eigenvalue weighted by Gasteiger charge is -2.40. The maximum Gasteiger partial charge on any atom is 0.410 e. The summed E-state index contributed by atoms with van der Waals surface area (Å²) in [5.74, 6) is -1.03. The molecule has 0 saturated carbocycles. The Balaban J connectivity index is 1.46. The van der Waals surface area contributed by atoms with Crippen LogP contribution in [0.2, 0.25) is 0 Å². The lowest BCUT2D eigenvalue weighted by atomic mass is 10.1. The Morgan fingerprint density at radius 3 is 2.53 bits per heavy atom. The van der Waals surface area contributed by atoms with Crippen LogP contribution < -0.4 is 4.90 Å². The molecule has 0 spiro atoms. The van der Waals surface area contributed by atoms with E-state index >= 15 is 0 Å². The highest BCUT2D eigenvalue weighted by atomic mass is 32.1. The number of hydrogen-bond acceptors (Lipinski definition) is 8. The molecule has 1 amide bonds. The minimum Gasteiger partial charge on any atom is -0.478 e. The molecule has 2 fully saturated rings. The Morgan fingerprint density at radius 1 is 1.22 bits per heavy atom. The van der Waals surface area contributed by atoms with Gasteiger partial charge in [0.05, 0.1) is 23.2 Å². The smallest absolute Gasteiger partial charge is 0.410 e. The van der Waals surface area contributed by atoms with Crippen molar-refractivity contribution in [2.75, 3.05) is 18.0 Å². The molecule has 2 aliphatic heterocycles. The van der Waals surface area contributed by atoms with Crippen LogP contribution >= 0.6 is 11.3 Å². The third-order valence-corrected chi connectivity index (χ3v) is 6.55. The van der Waals surface area contributed by atoms with E-state index in [0.717, 1.165) is 12.8 Å². The van der Waals surface area contributed by atoms with Crippen LogP contribution in [0.25, 0.3) is 21.7 Å². The number of carboxylic acid groups (broad SMARTS) is 1. The maximum absolute atomic E-state index is 12.7. The van der Waals surface area contributed by atoms with Crippen molar-refractivity contribution in [3.05, 3.63) is 29.3 Å². The Bertz CT molecular complexity index is 1170. The van der Waals surface area contributed by atoms with E-state index in [2.05, 4.69) is 9.97 Å². The van der Waals surface area contributed by atoms with E-state index in [4.69, 9.17) is 9.15 Å². The number of aromatic carboxylic acids is 1. The molecule has 0 aliphatic carbocycles. The third-order valence-electron chi connectivity index (χ3n) is 5.75. The topological polar surface area (TPSA) is 109 Å². The fourth-order valence-corrected chi connectivity index (χ4v) is 5.12. The number of fused-ring (bicyclic) bond motifs is 3. The number of aromatic nitrogens is 2. The Labute approximate surface area is 188 Å². The van der Waals surface area contributed by atoms with Gasteiger partial charge in [0.25, 0.3) is 6.01 Å². The van der Waals surface area contributed by atoms with E-state index in [9.17, 15) is 14.7 Å². The largest absolute Gasteiger partial charge is 0.478 e.